The molecule has 3 aliphatic rings. The molecule has 3 saturated heterocycles. The number of hydrogen-bond donors (Lipinski definition) is 4. The van der Waals surface area contributed by atoms with Crippen molar-refractivity contribution in [3.05, 3.63) is 89.3 Å². The van der Waals surface area contributed by atoms with Crippen molar-refractivity contribution in [1.82, 2.24) is 40.4 Å². The normalized spacial score (nSPS) is 21.3. The van der Waals surface area contributed by atoms with E-state index in [9.17, 15) is 23.6 Å². The molecule has 0 bridgehead atoms. The highest BCUT2D eigenvalue weighted by molar-refractivity contribution is 5.87. The Morgan fingerprint density at radius 1 is 0.645 bits per heavy atom. The third-order valence-electron chi connectivity index (χ3n) is 12.8. The van der Waals surface area contributed by atoms with Gasteiger partial charge in [-0.1, -0.05) is 39.8 Å². The minimum absolute atomic E-state index is 0.0493. The SMILES string of the molecule is COC(=O)NC(C(=O)N1CCC[C@H]1c1nc2cc([C@@H]3CC[C@@H](c4ccc5[nH]c([C@@H]6CCCN6C(=O)[C@@H](NC(=O)OC)C(C)C)nc5c4)N3c3ccc(F)cc3)ccc2[nH]1)C(C)C. The highest BCUT2D eigenvalue weighted by Crippen LogP contribution is 2.48. The molecule has 0 spiro atoms. The molecular formula is C46H56FN9O6. The summed E-state index contributed by atoms with van der Waals surface area (Å²) in [6.07, 6.45) is 3.51. The number of hydrogen-bond acceptors (Lipinski definition) is 9. The molecule has 0 saturated carbocycles. The van der Waals surface area contributed by atoms with Crippen LogP contribution in [0.1, 0.15) is 113 Å². The van der Waals surface area contributed by atoms with Crippen molar-refractivity contribution >= 4 is 51.8 Å². The van der Waals surface area contributed by atoms with Gasteiger partial charge in [0.15, 0.2) is 0 Å². The molecule has 5 heterocycles. The molecule has 1 unspecified atom stereocenters. The summed E-state index contributed by atoms with van der Waals surface area (Å²) in [6.45, 7) is 8.71. The number of likely N-dealkylation sites (tertiary alicyclic amines) is 2. The number of nitrogens with one attached hydrogen (secondary N) is 4. The van der Waals surface area contributed by atoms with E-state index >= 15 is 0 Å². The molecule has 15 nitrogen and oxygen atoms in total. The number of carbonyl (C=O) groups is 4. The zero-order chi connectivity index (χ0) is 43.8. The van der Waals surface area contributed by atoms with Gasteiger partial charge in [0.2, 0.25) is 11.8 Å². The van der Waals surface area contributed by atoms with E-state index in [1.165, 1.54) is 26.4 Å². The van der Waals surface area contributed by atoms with Crippen molar-refractivity contribution in [2.24, 2.45) is 11.8 Å². The minimum Gasteiger partial charge on any atom is -0.453 e. The number of carbonyl (C=O) groups excluding carboxylic acids is 4. The van der Waals surface area contributed by atoms with Gasteiger partial charge < -0.3 is 44.8 Å². The van der Waals surface area contributed by atoms with Crippen LogP contribution in [-0.4, -0.2) is 93.1 Å². The quantitative estimate of drug-likeness (QED) is 0.104. The van der Waals surface area contributed by atoms with Gasteiger partial charge in [0.05, 0.1) is 60.5 Å². The number of aromatic amines is 2. The monoisotopic (exact) mass is 849 g/mol. The lowest BCUT2D eigenvalue weighted by atomic mass is 10.0. The van der Waals surface area contributed by atoms with Crippen molar-refractivity contribution < 1.29 is 33.0 Å². The Hall–Kier alpha value is -6.19. The minimum atomic E-state index is -0.725. The van der Waals surface area contributed by atoms with Crippen LogP contribution in [0.4, 0.5) is 19.7 Å². The molecule has 3 fully saturated rings. The first kappa shape index (κ1) is 42.5. The standard InChI is InChI=1S/C46H56FN9O6/c1-25(2)39(52-45(59)61-5)43(57)54-21-7-9-37(54)41-48-31-17-11-27(23-33(31)50-41)35-19-20-36(56(35)30-15-13-29(47)14-16-30)28-12-18-32-34(24-28)51-42(49-32)38-10-8-22-55(38)44(58)40(26(3)4)53-46(60)62-6/h11-18,23-26,35-40H,7-10,19-22H2,1-6H3,(H,48,50)(H,49,51)(H,52,59)(H,53,60)/t35-,36-,37-,38-,39-,40?/m0/s1. The molecule has 16 heteroatoms. The Balaban J connectivity index is 1.06. The summed E-state index contributed by atoms with van der Waals surface area (Å²) in [5.41, 5.74) is 6.34. The van der Waals surface area contributed by atoms with Crippen molar-refractivity contribution in [3.8, 4) is 0 Å². The molecule has 2 aromatic heterocycles. The van der Waals surface area contributed by atoms with Crippen molar-refractivity contribution in [1.29, 1.82) is 0 Å². The Labute approximate surface area is 360 Å². The fourth-order valence-corrected chi connectivity index (χ4v) is 9.64. The second kappa shape index (κ2) is 17.7. The van der Waals surface area contributed by atoms with E-state index in [0.29, 0.717) is 24.7 Å². The summed E-state index contributed by atoms with van der Waals surface area (Å²) in [6, 6.07) is 17.1. The van der Waals surface area contributed by atoms with E-state index in [1.807, 2.05) is 61.8 Å². The van der Waals surface area contributed by atoms with E-state index in [0.717, 1.165) is 77.4 Å². The van der Waals surface area contributed by atoms with Crippen LogP contribution in [0.15, 0.2) is 60.7 Å². The lowest BCUT2D eigenvalue weighted by Crippen LogP contribution is -2.51. The van der Waals surface area contributed by atoms with Crippen LogP contribution in [0.2, 0.25) is 0 Å². The first-order valence-corrected chi connectivity index (χ1v) is 21.7. The van der Waals surface area contributed by atoms with Crippen LogP contribution in [0.5, 0.6) is 0 Å². The van der Waals surface area contributed by atoms with E-state index in [4.69, 9.17) is 19.4 Å². The number of methoxy groups -OCH3 is 2. The number of nitrogens with zero attached hydrogens (tertiary/aromatic N) is 5. The predicted molar refractivity (Wildman–Crippen MR) is 231 cm³/mol. The fourth-order valence-electron chi connectivity index (χ4n) is 9.64. The molecular weight excluding hydrogens is 794 g/mol. The number of imidazole rings is 2. The highest BCUT2D eigenvalue weighted by atomic mass is 19.1. The number of rotatable bonds is 11. The molecule has 8 rings (SSSR count). The largest absolute Gasteiger partial charge is 0.453 e. The van der Waals surface area contributed by atoms with Gasteiger partial charge in [0.1, 0.15) is 29.5 Å². The number of ether oxygens (including phenoxy) is 2. The molecule has 0 radical (unpaired) electrons. The van der Waals surface area contributed by atoms with Crippen LogP contribution in [0.3, 0.4) is 0 Å². The third-order valence-corrected chi connectivity index (χ3v) is 12.8. The van der Waals surface area contributed by atoms with Crippen LogP contribution >= 0.6 is 0 Å². The number of fused-ring (bicyclic) bond motifs is 2. The van der Waals surface area contributed by atoms with E-state index in [2.05, 4.69) is 49.8 Å². The number of amides is 4. The van der Waals surface area contributed by atoms with E-state index < -0.39 is 24.3 Å². The first-order valence-electron chi connectivity index (χ1n) is 21.7. The summed E-state index contributed by atoms with van der Waals surface area (Å²) < 4.78 is 24.0. The van der Waals surface area contributed by atoms with Crippen LogP contribution < -0.4 is 15.5 Å². The van der Waals surface area contributed by atoms with Gasteiger partial charge in [-0.05, 0) is 110 Å². The lowest BCUT2D eigenvalue weighted by Gasteiger charge is -2.33. The number of halogens is 1. The van der Waals surface area contributed by atoms with Crippen molar-refractivity contribution in [2.75, 3.05) is 32.2 Å². The fraction of sp³-hybridized carbons (Fsp3) is 0.478. The van der Waals surface area contributed by atoms with Gasteiger partial charge >= 0.3 is 12.2 Å². The number of benzene rings is 3. The zero-order valence-electron chi connectivity index (χ0n) is 36.1. The number of aromatic nitrogens is 4. The molecule has 6 atom stereocenters. The second-order valence-electron chi connectivity index (χ2n) is 17.4. The van der Waals surface area contributed by atoms with Gasteiger partial charge in [-0.15, -0.1) is 0 Å². The molecule has 4 amide bonds. The van der Waals surface area contributed by atoms with Gasteiger partial charge in [0, 0.05) is 18.8 Å². The van der Waals surface area contributed by atoms with Gasteiger partial charge in [-0.2, -0.15) is 0 Å². The van der Waals surface area contributed by atoms with Gasteiger partial charge in [-0.3, -0.25) is 9.59 Å². The third kappa shape index (κ3) is 8.26. The molecule has 62 heavy (non-hydrogen) atoms. The van der Waals surface area contributed by atoms with Crippen molar-refractivity contribution in [2.45, 2.75) is 102 Å². The van der Waals surface area contributed by atoms with Crippen LogP contribution in [-0.2, 0) is 19.1 Å². The molecule has 3 aliphatic heterocycles. The topological polar surface area (TPSA) is 178 Å². The maximum atomic E-state index is 14.4. The number of alkyl carbamates (subject to hydrolysis) is 2. The molecule has 3 aromatic carbocycles. The molecule has 4 N–H and O–H groups in total. The predicted octanol–water partition coefficient (Wildman–Crippen LogP) is 7.75. The molecule has 328 valence electrons. The van der Waals surface area contributed by atoms with Crippen LogP contribution in [0.25, 0.3) is 22.1 Å². The Kier molecular flexibility index (Phi) is 12.1. The maximum absolute atomic E-state index is 14.4. The van der Waals surface area contributed by atoms with Gasteiger partial charge in [0.25, 0.3) is 0 Å². The molecule has 0 aliphatic carbocycles. The Morgan fingerprint density at radius 3 is 1.48 bits per heavy atom. The summed E-state index contributed by atoms with van der Waals surface area (Å²) in [5, 5.41) is 5.43. The van der Waals surface area contributed by atoms with Gasteiger partial charge in [-0.25, -0.2) is 23.9 Å². The van der Waals surface area contributed by atoms with E-state index in [-0.39, 0.29) is 53.6 Å². The number of H-pyrrole nitrogens is 2. The Morgan fingerprint density at radius 2 is 1.08 bits per heavy atom. The number of anilines is 1. The zero-order valence-corrected chi connectivity index (χ0v) is 36.1. The average molecular weight is 850 g/mol. The average Bonchev–Trinajstić information content (AvgIpc) is 4.12. The smallest absolute Gasteiger partial charge is 0.407 e. The summed E-state index contributed by atoms with van der Waals surface area (Å²) in [4.78, 5) is 74.9. The molecule has 5 aromatic rings. The summed E-state index contributed by atoms with van der Waals surface area (Å²) in [7, 11) is 2.57. The maximum Gasteiger partial charge on any atom is 0.407 e. The van der Waals surface area contributed by atoms with Crippen molar-refractivity contribution in [3.63, 3.8) is 0 Å². The van der Waals surface area contributed by atoms with E-state index in [1.54, 1.807) is 0 Å². The Bertz CT molecular complexity index is 2300. The highest BCUT2D eigenvalue weighted by Gasteiger charge is 2.40. The summed E-state index contributed by atoms with van der Waals surface area (Å²) >= 11 is 0. The first-order chi connectivity index (χ1) is 29.8. The van der Waals surface area contributed by atoms with Crippen LogP contribution in [0, 0.1) is 17.7 Å². The lowest BCUT2D eigenvalue weighted by molar-refractivity contribution is -0.136. The summed E-state index contributed by atoms with van der Waals surface area (Å²) in [5.74, 6) is 0.506. The second-order valence-corrected chi connectivity index (χ2v) is 17.4.